The van der Waals surface area contributed by atoms with E-state index in [4.69, 9.17) is 0 Å². The van der Waals surface area contributed by atoms with Crippen LogP contribution in [0.3, 0.4) is 0 Å². The van der Waals surface area contributed by atoms with Gasteiger partial charge in [-0.15, -0.1) is 0 Å². The molecule has 0 spiro atoms. The van der Waals surface area contributed by atoms with E-state index in [-0.39, 0.29) is 0 Å². The molecular weight excluding hydrogens is 159 g/mol. The van der Waals surface area contributed by atoms with Crippen molar-refractivity contribution in [3.05, 3.63) is 24.3 Å². The van der Waals surface area contributed by atoms with Gasteiger partial charge < -0.3 is 0 Å². The molecule has 1 rings (SSSR count). The van der Waals surface area contributed by atoms with Gasteiger partial charge in [-0.05, 0) is 12.1 Å². The molecule has 0 N–H and O–H groups in total. The number of benzene rings is 1. The predicted molar refractivity (Wildman–Crippen MR) is 47.7 cm³/mol. The summed E-state index contributed by atoms with van der Waals surface area (Å²) in [5.74, 6) is 0. The zero-order valence-electron chi connectivity index (χ0n) is 6.53. The average Bonchev–Trinajstić information content (AvgIpc) is 1.86. The van der Waals surface area contributed by atoms with Gasteiger partial charge in [0.05, 0.1) is 4.90 Å². The molecule has 0 aliphatic carbocycles. The summed E-state index contributed by atoms with van der Waals surface area (Å²) in [6.45, 7) is 0. The van der Waals surface area contributed by atoms with Crippen LogP contribution in [0.1, 0.15) is 0 Å². The fourth-order valence-electron chi connectivity index (χ4n) is 0.785. The smallest absolute Gasteiger partial charge is 0.175 e. The second-order valence-electron chi connectivity index (χ2n) is 2.59. The Kier molecular flexibility index (Phi) is 2.04. The number of sulfone groups is 1. The minimum atomic E-state index is -3.02. The van der Waals surface area contributed by atoms with Crippen molar-refractivity contribution in [2.75, 3.05) is 6.26 Å². The normalized spacial score (nSPS) is 11.4. The molecule has 58 valence electrons. The van der Waals surface area contributed by atoms with E-state index < -0.39 is 9.84 Å². The third-order valence-corrected chi connectivity index (χ3v) is 2.58. The van der Waals surface area contributed by atoms with E-state index in [2.05, 4.69) is 0 Å². The minimum absolute atomic E-state index is 0.378. The van der Waals surface area contributed by atoms with Gasteiger partial charge in [-0.1, -0.05) is 17.6 Å². The predicted octanol–water partition coefficient (Wildman–Crippen LogP) is -0.651. The zero-order valence-corrected chi connectivity index (χ0v) is 7.35. The summed E-state index contributed by atoms with van der Waals surface area (Å²) in [7, 11) is -1.10. The van der Waals surface area contributed by atoms with Gasteiger partial charge in [-0.3, -0.25) is 0 Å². The third-order valence-electron chi connectivity index (χ3n) is 1.45. The standard InChI is InChI=1S/C7H9BO2S/c1-11(9,10)7-4-2-6(8)3-5-7/h2-5H,8H2,1H3. The first-order valence-electron chi connectivity index (χ1n) is 3.27. The van der Waals surface area contributed by atoms with Crippen molar-refractivity contribution in [3.63, 3.8) is 0 Å². The van der Waals surface area contributed by atoms with Crippen molar-refractivity contribution in [2.45, 2.75) is 4.90 Å². The summed E-state index contributed by atoms with van der Waals surface area (Å²) in [6.07, 6.45) is 1.21. The topological polar surface area (TPSA) is 34.1 Å². The lowest BCUT2D eigenvalue weighted by Gasteiger charge is -1.96. The van der Waals surface area contributed by atoms with Gasteiger partial charge in [0.1, 0.15) is 7.85 Å². The second-order valence-corrected chi connectivity index (χ2v) is 4.60. The largest absolute Gasteiger partial charge is 0.224 e. The van der Waals surface area contributed by atoms with Gasteiger partial charge in [0.25, 0.3) is 0 Å². The average molecular weight is 168 g/mol. The monoisotopic (exact) mass is 168 g/mol. The van der Waals surface area contributed by atoms with Crippen LogP contribution in [-0.4, -0.2) is 22.5 Å². The number of rotatable bonds is 1. The van der Waals surface area contributed by atoms with Crippen LogP contribution in [0.4, 0.5) is 0 Å². The van der Waals surface area contributed by atoms with Crippen molar-refractivity contribution >= 4 is 23.1 Å². The Balaban J connectivity index is 3.20. The number of hydrogen-bond donors (Lipinski definition) is 0. The molecular formula is C7H9BO2S. The highest BCUT2D eigenvalue weighted by Crippen LogP contribution is 2.04. The molecule has 0 atom stereocenters. The molecule has 1 aromatic carbocycles. The lowest BCUT2D eigenvalue weighted by molar-refractivity contribution is 0.602. The van der Waals surface area contributed by atoms with Crippen LogP contribution in [0.2, 0.25) is 0 Å². The molecule has 0 fully saturated rings. The molecule has 0 radical (unpaired) electrons. The highest BCUT2D eigenvalue weighted by atomic mass is 32.2. The minimum Gasteiger partial charge on any atom is -0.224 e. The molecule has 0 heterocycles. The molecule has 0 bridgehead atoms. The maximum atomic E-state index is 10.9. The highest BCUT2D eigenvalue weighted by molar-refractivity contribution is 7.90. The first-order valence-corrected chi connectivity index (χ1v) is 5.16. The van der Waals surface area contributed by atoms with Crippen LogP contribution in [0.5, 0.6) is 0 Å². The van der Waals surface area contributed by atoms with Crippen molar-refractivity contribution < 1.29 is 8.42 Å². The molecule has 0 aliphatic heterocycles. The Morgan fingerprint density at radius 2 is 1.64 bits per heavy atom. The summed E-state index contributed by atoms with van der Waals surface area (Å²) in [4.78, 5) is 0.378. The zero-order chi connectivity index (χ0) is 8.48. The Bertz CT molecular complexity index is 339. The van der Waals surface area contributed by atoms with Crippen molar-refractivity contribution in [2.24, 2.45) is 0 Å². The third kappa shape index (κ3) is 2.08. The van der Waals surface area contributed by atoms with Crippen LogP contribution in [0.15, 0.2) is 29.2 Å². The van der Waals surface area contributed by atoms with E-state index in [1.165, 1.54) is 6.26 Å². The first-order chi connectivity index (χ1) is 5.00. The Morgan fingerprint density at radius 3 is 2.00 bits per heavy atom. The number of hydrogen-bond acceptors (Lipinski definition) is 2. The Morgan fingerprint density at radius 1 is 1.18 bits per heavy atom. The molecule has 0 aromatic heterocycles. The van der Waals surface area contributed by atoms with Gasteiger partial charge in [0.15, 0.2) is 9.84 Å². The molecule has 0 saturated carbocycles. The van der Waals surface area contributed by atoms with Crippen LogP contribution in [-0.2, 0) is 9.84 Å². The molecule has 2 nitrogen and oxygen atoms in total. The van der Waals surface area contributed by atoms with E-state index in [0.29, 0.717) is 4.90 Å². The van der Waals surface area contributed by atoms with Gasteiger partial charge in [0.2, 0.25) is 0 Å². The molecule has 0 aliphatic rings. The Labute approximate surface area is 67.6 Å². The molecule has 0 amide bonds. The fourth-order valence-corrected chi connectivity index (χ4v) is 1.42. The first kappa shape index (κ1) is 8.33. The molecule has 4 heteroatoms. The van der Waals surface area contributed by atoms with Crippen LogP contribution in [0.25, 0.3) is 0 Å². The van der Waals surface area contributed by atoms with Gasteiger partial charge in [-0.2, -0.15) is 0 Å². The van der Waals surface area contributed by atoms with Gasteiger partial charge in [-0.25, -0.2) is 8.42 Å². The van der Waals surface area contributed by atoms with E-state index in [1.807, 2.05) is 7.85 Å². The summed E-state index contributed by atoms with van der Waals surface area (Å²) >= 11 is 0. The molecule has 0 unspecified atom stereocenters. The molecule has 0 saturated heterocycles. The van der Waals surface area contributed by atoms with Crippen LogP contribution in [0, 0.1) is 0 Å². The van der Waals surface area contributed by atoms with Crippen LogP contribution >= 0.6 is 0 Å². The molecule has 1 aromatic rings. The van der Waals surface area contributed by atoms with Crippen molar-refractivity contribution in [1.29, 1.82) is 0 Å². The summed E-state index contributed by atoms with van der Waals surface area (Å²) < 4.78 is 21.9. The maximum absolute atomic E-state index is 10.9. The summed E-state index contributed by atoms with van der Waals surface area (Å²) in [6, 6.07) is 6.81. The van der Waals surface area contributed by atoms with Crippen molar-refractivity contribution in [3.8, 4) is 0 Å². The lowest BCUT2D eigenvalue weighted by Crippen LogP contribution is -2.03. The maximum Gasteiger partial charge on any atom is 0.175 e. The van der Waals surface area contributed by atoms with Gasteiger partial charge >= 0.3 is 0 Å². The summed E-state index contributed by atoms with van der Waals surface area (Å²) in [5, 5.41) is 0. The van der Waals surface area contributed by atoms with E-state index in [1.54, 1.807) is 24.3 Å². The van der Waals surface area contributed by atoms with Crippen LogP contribution < -0.4 is 5.46 Å². The van der Waals surface area contributed by atoms with Crippen molar-refractivity contribution in [1.82, 2.24) is 0 Å². The fraction of sp³-hybridized carbons (Fsp3) is 0.143. The van der Waals surface area contributed by atoms with E-state index in [0.717, 1.165) is 5.46 Å². The van der Waals surface area contributed by atoms with E-state index in [9.17, 15) is 8.42 Å². The molecule has 11 heavy (non-hydrogen) atoms. The highest BCUT2D eigenvalue weighted by Gasteiger charge is 2.04. The lowest BCUT2D eigenvalue weighted by atomic mass is 9.97. The Hall–Kier alpha value is -0.765. The van der Waals surface area contributed by atoms with Gasteiger partial charge in [0, 0.05) is 6.26 Å². The summed E-state index contributed by atoms with van der Waals surface area (Å²) in [5.41, 5.74) is 1.07. The second kappa shape index (κ2) is 2.70. The SMILES string of the molecule is Bc1ccc(S(C)(=O)=O)cc1. The quantitative estimate of drug-likeness (QED) is 0.522. The van der Waals surface area contributed by atoms with E-state index >= 15 is 0 Å².